The molecule has 2 aliphatic heterocycles. The van der Waals surface area contributed by atoms with Crippen molar-refractivity contribution < 1.29 is 9.59 Å². The van der Waals surface area contributed by atoms with Gasteiger partial charge in [-0.3, -0.25) is 9.59 Å². The van der Waals surface area contributed by atoms with E-state index in [-0.39, 0.29) is 23.1 Å². The quantitative estimate of drug-likeness (QED) is 0.781. The lowest BCUT2D eigenvalue weighted by Gasteiger charge is -2.41. The van der Waals surface area contributed by atoms with Crippen molar-refractivity contribution in [2.45, 2.75) is 39.0 Å². The maximum atomic E-state index is 12.8. The molecule has 5 heteroatoms. The van der Waals surface area contributed by atoms with Crippen molar-refractivity contribution in [3.8, 4) is 0 Å². The van der Waals surface area contributed by atoms with Gasteiger partial charge in [-0.1, -0.05) is 6.92 Å². The summed E-state index contributed by atoms with van der Waals surface area (Å²) in [4.78, 5) is 25.9. The standard InChI is InChI=1S/C14H25N3O2/c1-2-14(6-3-7-16-10-14)13(19)17-8-4-11(5-9-17)12(15)18/h11,16H,2-10H2,1H3,(H2,15,18). The van der Waals surface area contributed by atoms with E-state index in [1.165, 1.54) is 0 Å². The van der Waals surface area contributed by atoms with E-state index in [2.05, 4.69) is 12.2 Å². The number of nitrogens with two attached hydrogens (primary N) is 1. The molecule has 2 aliphatic rings. The van der Waals surface area contributed by atoms with Gasteiger partial charge in [0.1, 0.15) is 0 Å². The van der Waals surface area contributed by atoms with Crippen molar-refractivity contribution in [1.29, 1.82) is 0 Å². The van der Waals surface area contributed by atoms with Crippen LogP contribution in [0, 0.1) is 11.3 Å². The number of nitrogens with zero attached hydrogens (tertiary/aromatic N) is 1. The van der Waals surface area contributed by atoms with Crippen LogP contribution in [-0.2, 0) is 9.59 Å². The third kappa shape index (κ3) is 2.91. The Bertz CT molecular complexity index is 343. The van der Waals surface area contributed by atoms with Crippen molar-refractivity contribution in [1.82, 2.24) is 10.2 Å². The Morgan fingerprint density at radius 2 is 2.05 bits per heavy atom. The van der Waals surface area contributed by atoms with Gasteiger partial charge >= 0.3 is 0 Å². The highest BCUT2D eigenvalue weighted by molar-refractivity contribution is 5.84. The van der Waals surface area contributed by atoms with E-state index in [4.69, 9.17) is 5.73 Å². The molecule has 3 N–H and O–H groups in total. The number of amides is 2. The molecule has 19 heavy (non-hydrogen) atoms. The van der Waals surface area contributed by atoms with Gasteiger partial charge in [0, 0.05) is 25.6 Å². The topological polar surface area (TPSA) is 75.4 Å². The lowest BCUT2D eigenvalue weighted by Crippen LogP contribution is -2.53. The molecule has 1 atom stereocenters. The van der Waals surface area contributed by atoms with Crippen LogP contribution in [0.5, 0.6) is 0 Å². The van der Waals surface area contributed by atoms with E-state index < -0.39 is 0 Å². The molecule has 0 radical (unpaired) electrons. The van der Waals surface area contributed by atoms with Gasteiger partial charge in [-0.05, 0) is 38.6 Å². The zero-order valence-electron chi connectivity index (χ0n) is 11.8. The van der Waals surface area contributed by atoms with Crippen molar-refractivity contribution in [3.63, 3.8) is 0 Å². The summed E-state index contributed by atoms with van der Waals surface area (Å²) < 4.78 is 0. The predicted molar refractivity (Wildman–Crippen MR) is 73.3 cm³/mol. The first-order chi connectivity index (χ1) is 9.09. The molecule has 0 spiro atoms. The summed E-state index contributed by atoms with van der Waals surface area (Å²) in [6.45, 7) is 5.25. The summed E-state index contributed by atoms with van der Waals surface area (Å²) in [5.41, 5.74) is 5.11. The van der Waals surface area contributed by atoms with E-state index in [0.717, 1.165) is 32.4 Å². The summed E-state index contributed by atoms with van der Waals surface area (Å²) >= 11 is 0. The second-order valence-corrected chi connectivity index (χ2v) is 5.88. The Morgan fingerprint density at radius 1 is 1.37 bits per heavy atom. The zero-order valence-corrected chi connectivity index (χ0v) is 11.8. The normalized spacial score (nSPS) is 29.2. The van der Waals surface area contributed by atoms with Crippen LogP contribution in [0.15, 0.2) is 0 Å². The SMILES string of the molecule is CCC1(C(=O)N2CCC(C(N)=O)CC2)CCCNC1. The van der Waals surface area contributed by atoms with Crippen LogP contribution in [0.4, 0.5) is 0 Å². The first-order valence-corrected chi connectivity index (χ1v) is 7.38. The highest BCUT2D eigenvalue weighted by atomic mass is 16.2. The molecule has 2 fully saturated rings. The highest BCUT2D eigenvalue weighted by Gasteiger charge is 2.41. The fourth-order valence-corrected chi connectivity index (χ4v) is 3.31. The van der Waals surface area contributed by atoms with E-state index in [9.17, 15) is 9.59 Å². The lowest BCUT2D eigenvalue weighted by molar-refractivity contribution is -0.146. The highest BCUT2D eigenvalue weighted by Crippen LogP contribution is 2.33. The van der Waals surface area contributed by atoms with Gasteiger partial charge in [0.05, 0.1) is 5.41 Å². The number of rotatable bonds is 3. The number of hydrogen-bond donors (Lipinski definition) is 2. The Hall–Kier alpha value is -1.10. The lowest BCUT2D eigenvalue weighted by atomic mass is 9.76. The molecule has 5 nitrogen and oxygen atoms in total. The molecule has 108 valence electrons. The minimum atomic E-state index is -0.225. The molecule has 2 rings (SSSR count). The molecule has 0 aromatic carbocycles. The number of likely N-dealkylation sites (tertiary alicyclic amines) is 1. The Kier molecular flexibility index (Phi) is 4.45. The second-order valence-electron chi connectivity index (χ2n) is 5.88. The van der Waals surface area contributed by atoms with E-state index in [1.807, 2.05) is 4.90 Å². The molecular formula is C14H25N3O2. The largest absolute Gasteiger partial charge is 0.369 e. The van der Waals surface area contributed by atoms with Gasteiger partial charge in [-0.15, -0.1) is 0 Å². The monoisotopic (exact) mass is 267 g/mol. The van der Waals surface area contributed by atoms with Crippen LogP contribution in [0.3, 0.4) is 0 Å². The Balaban J connectivity index is 1.98. The maximum absolute atomic E-state index is 12.8. The molecular weight excluding hydrogens is 242 g/mol. The average Bonchev–Trinajstić information content (AvgIpc) is 2.47. The summed E-state index contributed by atoms with van der Waals surface area (Å²) in [5, 5.41) is 3.35. The average molecular weight is 267 g/mol. The van der Waals surface area contributed by atoms with Crippen LogP contribution < -0.4 is 11.1 Å². The third-order valence-electron chi connectivity index (χ3n) is 4.79. The molecule has 0 aliphatic carbocycles. The number of piperidine rings is 2. The zero-order chi connectivity index (χ0) is 13.9. The van der Waals surface area contributed by atoms with Gasteiger partial charge in [-0.2, -0.15) is 0 Å². The van der Waals surface area contributed by atoms with Gasteiger partial charge < -0.3 is 16.0 Å². The summed E-state index contributed by atoms with van der Waals surface area (Å²) in [6.07, 6.45) is 4.36. The van der Waals surface area contributed by atoms with Crippen LogP contribution in [0.25, 0.3) is 0 Å². The summed E-state index contributed by atoms with van der Waals surface area (Å²) in [7, 11) is 0. The molecule has 2 saturated heterocycles. The first-order valence-electron chi connectivity index (χ1n) is 7.38. The molecule has 0 saturated carbocycles. The van der Waals surface area contributed by atoms with Gasteiger partial charge in [0.15, 0.2) is 0 Å². The second kappa shape index (κ2) is 5.90. The van der Waals surface area contributed by atoms with Crippen molar-refractivity contribution in [2.24, 2.45) is 17.1 Å². The third-order valence-corrected chi connectivity index (χ3v) is 4.79. The molecule has 2 heterocycles. The van der Waals surface area contributed by atoms with Crippen molar-refractivity contribution >= 4 is 11.8 Å². The van der Waals surface area contributed by atoms with Crippen LogP contribution >= 0.6 is 0 Å². The van der Waals surface area contributed by atoms with Gasteiger partial charge in [0.25, 0.3) is 0 Å². The van der Waals surface area contributed by atoms with Crippen LogP contribution in [-0.4, -0.2) is 42.9 Å². The molecule has 0 aromatic heterocycles. The molecule has 1 unspecified atom stereocenters. The van der Waals surface area contributed by atoms with Crippen molar-refractivity contribution in [3.05, 3.63) is 0 Å². The number of nitrogens with one attached hydrogen (secondary N) is 1. The fraction of sp³-hybridized carbons (Fsp3) is 0.857. The van der Waals surface area contributed by atoms with Gasteiger partial charge in [0.2, 0.25) is 11.8 Å². The van der Waals surface area contributed by atoms with E-state index in [0.29, 0.717) is 25.9 Å². The van der Waals surface area contributed by atoms with Gasteiger partial charge in [-0.25, -0.2) is 0 Å². The number of primary amides is 1. The summed E-state index contributed by atoms with van der Waals surface area (Å²) in [6, 6.07) is 0. The molecule has 0 aromatic rings. The fourth-order valence-electron chi connectivity index (χ4n) is 3.31. The maximum Gasteiger partial charge on any atom is 0.230 e. The summed E-state index contributed by atoms with van der Waals surface area (Å²) in [5.74, 6) is -0.00661. The molecule has 2 amide bonds. The van der Waals surface area contributed by atoms with Crippen LogP contribution in [0.2, 0.25) is 0 Å². The Labute approximate surface area is 114 Å². The minimum absolute atomic E-state index is 0.0499. The number of carbonyl (C=O) groups is 2. The number of hydrogen-bond acceptors (Lipinski definition) is 3. The number of carbonyl (C=O) groups excluding carboxylic acids is 2. The van der Waals surface area contributed by atoms with E-state index >= 15 is 0 Å². The molecule has 0 bridgehead atoms. The van der Waals surface area contributed by atoms with Crippen molar-refractivity contribution in [2.75, 3.05) is 26.2 Å². The smallest absolute Gasteiger partial charge is 0.230 e. The minimum Gasteiger partial charge on any atom is -0.369 e. The Morgan fingerprint density at radius 3 is 2.53 bits per heavy atom. The van der Waals surface area contributed by atoms with E-state index in [1.54, 1.807) is 0 Å². The van der Waals surface area contributed by atoms with Crippen LogP contribution in [0.1, 0.15) is 39.0 Å². The first kappa shape index (κ1) is 14.3. The predicted octanol–water partition coefficient (Wildman–Crippen LogP) is 0.490.